The minimum atomic E-state index is -1.37. The standard InChI is InChI=1S/C47H64N2O9/c1-5-24-56-47-42(49(43(53)21-17-31-12-6-7-13-31)29-32-16-19-40-41(25-32)55-30-54-40)28-38(48-58-46(2,3)4)36-26-33(14-8-10-22-50)35(15-9-11-23-51)44(45(36)47)37-27-34(52)18-20-39(37)57-47/h5,16,18-20,25-27,31,33,35,42,44-45,50-52H,1,6-15,17,21-24,28-30H2,2-4H3/t33-,35+,42-,44+,45+,47+/m0/s1. The fourth-order valence-electron chi connectivity index (χ4n) is 10.2. The van der Waals surface area contributed by atoms with E-state index in [2.05, 4.69) is 12.7 Å². The molecular weight excluding hydrogens is 737 g/mol. The topological polar surface area (TPSA) is 140 Å². The van der Waals surface area contributed by atoms with Crippen LogP contribution < -0.4 is 14.2 Å². The molecule has 316 valence electrons. The summed E-state index contributed by atoms with van der Waals surface area (Å²) in [6, 6.07) is 10.5. The molecule has 0 unspecified atom stereocenters. The fraction of sp³-hybridized carbons (Fsp3) is 0.617. The minimum Gasteiger partial charge on any atom is -0.508 e. The second kappa shape index (κ2) is 18.5. The van der Waals surface area contributed by atoms with Gasteiger partial charge in [-0.05, 0) is 112 Å². The van der Waals surface area contributed by atoms with Gasteiger partial charge in [0.05, 0.1) is 18.2 Å². The number of aromatic hydroxyl groups is 1. The summed E-state index contributed by atoms with van der Waals surface area (Å²) >= 11 is 0. The highest BCUT2D eigenvalue weighted by atomic mass is 16.7. The Morgan fingerprint density at radius 1 is 0.983 bits per heavy atom. The molecule has 2 aromatic carbocycles. The maximum Gasteiger partial charge on any atom is 0.239 e. The van der Waals surface area contributed by atoms with Crippen molar-refractivity contribution in [1.29, 1.82) is 0 Å². The van der Waals surface area contributed by atoms with Crippen LogP contribution in [0.25, 0.3) is 0 Å². The smallest absolute Gasteiger partial charge is 0.239 e. The number of phenolic OH excluding ortho intramolecular Hbond substituents is 1. The molecule has 2 aliphatic heterocycles. The number of unbranched alkanes of at least 4 members (excludes halogenated alkanes) is 2. The van der Waals surface area contributed by atoms with Gasteiger partial charge in [0.2, 0.25) is 18.5 Å². The van der Waals surface area contributed by atoms with Gasteiger partial charge in [0.1, 0.15) is 23.1 Å². The number of oxime groups is 1. The lowest BCUT2D eigenvalue weighted by Crippen LogP contribution is -2.70. The molecule has 2 aromatic rings. The Kier molecular flexibility index (Phi) is 13.4. The first-order chi connectivity index (χ1) is 28.0. The van der Waals surface area contributed by atoms with Crippen LogP contribution in [0.3, 0.4) is 0 Å². The molecular formula is C47H64N2O9. The van der Waals surface area contributed by atoms with E-state index in [1.165, 1.54) is 12.8 Å². The van der Waals surface area contributed by atoms with Crippen molar-refractivity contribution in [2.24, 2.45) is 28.8 Å². The molecule has 6 atom stereocenters. The number of benzene rings is 2. The largest absolute Gasteiger partial charge is 0.508 e. The Bertz CT molecular complexity index is 1810. The molecule has 58 heavy (non-hydrogen) atoms. The summed E-state index contributed by atoms with van der Waals surface area (Å²) in [4.78, 5) is 23.3. The van der Waals surface area contributed by atoms with Crippen molar-refractivity contribution in [2.75, 3.05) is 26.6 Å². The van der Waals surface area contributed by atoms with Gasteiger partial charge in [0.25, 0.3) is 0 Å². The number of carbonyl (C=O) groups excluding carboxylic acids is 1. The second-order valence-corrected chi connectivity index (χ2v) is 17.9. The van der Waals surface area contributed by atoms with Crippen molar-refractivity contribution < 1.29 is 43.9 Å². The number of aliphatic hydroxyl groups excluding tert-OH is 2. The van der Waals surface area contributed by atoms with E-state index in [0.29, 0.717) is 48.8 Å². The van der Waals surface area contributed by atoms with Crippen molar-refractivity contribution in [2.45, 2.75) is 134 Å². The molecule has 3 aliphatic carbocycles. The molecule has 1 amide bonds. The summed E-state index contributed by atoms with van der Waals surface area (Å²) in [7, 11) is 0. The first-order valence-electron chi connectivity index (χ1n) is 21.7. The van der Waals surface area contributed by atoms with Crippen LogP contribution in [0.1, 0.15) is 121 Å². The summed E-state index contributed by atoms with van der Waals surface area (Å²) in [5, 5.41) is 35.7. The van der Waals surface area contributed by atoms with Gasteiger partial charge in [-0.1, -0.05) is 61.9 Å². The third kappa shape index (κ3) is 9.06. The molecule has 0 saturated heterocycles. The molecule has 0 aromatic heterocycles. The predicted molar refractivity (Wildman–Crippen MR) is 222 cm³/mol. The zero-order chi connectivity index (χ0) is 40.9. The number of hydrogen-bond donors (Lipinski definition) is 3. The predicted octanol–water partition coefficient (Wildman–Crippen LogP) is 8.55. The Labute approximate surface area is 344 Å². The number of allylic oxidation sites excluding steroid dienone is 1. The van der Waals surface area contributed by atoms with Gasteiger partial charge in [-0.2, -0.15) is 0 Å². The Morgan fingerprint density at radius 2 is 1.72 bits per heavy atom. The summed E-state index contributed by atoms with van der Waals surface area (Å²) in [6.07, 6.45) is 15.0. The molecule has 2 heterocycles. The molecule has 5 aliphatic rings. The summed E-state index contributed by atoms with van der Waals surface area (Å²) in [6.45, 7) is 10.8. The summed E-state index contributed by atoms with van der Waals surface area (Å²) in [5.41, 5.74) is 2.93. The van der Waals surface area contributed by atoms with E-state index in [4.69, 9.17) is 28.9 Å². The van der Waals surface area contributed by atoms with Gasteiger partial charge in [-0.25, -0.2) is 0 Å². The zero-order valence-electron chi connectivity index (χ0n) is 34.7. The van der Waals surface area contributed by atoms with Gasteiger partial charge >= 0.3 is 0 Å². The van der Waals surface area contributed by atoms with Crippen molar-refractivity contribution in [3.63, 3.8) is 0 Å². The number of aliphatic hydroxyl groups is 2. The van der Waals surface area contributed by atoms with E-state index in [1.54, 1.807) is 12.1 Å². The van der Waals surface area contributed by atoms with Crippen LogP contribution in [-0.4, -0.2) is 75.9 Å². The van der Waals surface area contributed by atoms with E-state index >= 15 is 4.79 Å². The van der Waals surface area contributed by atoms with Crippen molar-refractivity contribution in [3.8, 4) is 23.0 Å². The molecule has 2 fully saturated rings. The number of nitrogens with zero attached hydrogens (tertiary/aromatic N) is 2. The van der Waals surface area contributed by atoms with E-state index < -0.39 is 23.3 Å². The van der Waals surface area contributed by atoms with E-state index in [-0.39, 0.29) is 62.6 Å². The minimum absolute atomic E-state index is 0.0218. The Morgan fingerprint density at radius 3 is 2.47 bits per heavy atom. The average molecular weight is 801 g/mol. The molecule has 11 nitrogen and oxygen atoms in total. The van der Waals surface area contributed by atoms with Crippen molar-refractivity contribution in [3.05, 3.63) is 71.8 Å². The van der Waals surface area contributed by atoms with Gasteiger partial charge in [0, 0.05) is 44.1 Å². The number of amides is 1. The highest BCUT2D eigenvalue weighted by Gasteiger charge is 2.65. The van der Waals surface area contributed by atoms with Crippen LogP contribution in [0.2, 0.25) is 0 Å². The lowest BCUT2D eigenvalue weighted by molar-refractivity contribution is -0.258. The molecule has 3 N–H and O–H groups in total. The van der Waals surface area contributed by atoms with Gasteiger partial charge in [0.15, 0.2) is 11.5 Å². The van der Waals surface area contributed by atoms with Crippen LogP contribution in [0.4, 0.5) is 0 Å². The Balaban J connectivity index is 1.43. The number of phenols is 1. The van der Waals surface area contributed by atoms with E-state index in [0.717, 1.165) is 67.4 Å². The van der Waals surface area contributed by atoms with E-state index in [9.17, 15) is 15.3 Å². The molecule has 7 rings (SSSR count). The molecule has 0 bridgehead atoms. The number of ether oxygens (including phenoxy) is 4. The average Bonchev–Trinajstić information content (AvgIpc) is 3.91. The summed E-state index contributed by atoms with van der Waals surface area (Å²) < 4.78 is 25.9. The van der Waals surface area contributed by atoms with Crippen LogP contribution in [0, 0.1) is 23.7 Å². The lowest BCUT2D eigenvalue weighted by atomic mass is 9.55. The van der Waals surface area contributed by atoms with Crippen molar-refractivity contribution in [1.82, 2.24) is 4.90 Å². The molecule has 0 radical (unpaired) electrons. The highest BCUT2D eigenvalue weighted by molar-refractivity contribution is 6.03. The van der Waals surface area contributed by atoms with E-state index in [1.807, 2.05) is 56.0 Å². The number of fused-ring (bicyclic) bond motifs is 3. The van der Waals surface area contributed by atoms with Gasteiger partial charge in [-0.15, -0.1) is 6.58 Å². The highest BCUT2D eigenvalue weighted by Crippen LogP contribution is 2.62. The lowest BCUT2D eigenvalue weighted by Gasteiger charge is -2.60. The van der Waals surface area contributed by atoms with Crippen LogP contribution in [0.15, 0.2) is 65.9 Å². The third-order valence-electron chi connectivity index (χ3n) is 12.8. The third-order valence-corrected chi connectivity index (χ3v) is 12.8. The molecule has 0 spiro atoms. The van der Waals surface area contributed by atoms with Crippen molar-refractivity contribution >= 4 is 11.6 Å². The van der Waals surface area contributed by atoms with Crippen LogP contribution in [-0.2, 0) is 20.9 Å². The zero-order valence-corrected chi connectivity index (χ0v) is 34.7. The maximum atomic E-state index is 15.1. The molecule has 2 saturated carbocycles. The maximum absolute atomic E-state index is 15.1. The van der Waals surface area contributed by atoms with Crippen LogP contribution in [0.5, 0.6) is 23.0 Å². The molecule has 11 heteroatoms. The first-order valence-corrected chi connectivity index (χ1v) is 21.7. The quantitative estimate of drug-likeness (QED) is 0.0769. The normalized spacial score (nSPS) is 26.7. The van der Waals surface area contributed by atoms with Gasteiger partial charge in [-0.3, -0.25) is 4.79 Å². The number of rotatable bonds is 18. The van der Waals surface area contributed by atoms with Crippen LogP contribution >= 0.6 is 0 Å². The monoisotopic (exact) mass is 800 g/mol. The fourth-order valence-corrected chi connectivity index (χ4v) is 10.2. The SMILES string of the molecule is C=CCO[C@@]12Oc3ccc(O)cc3[C@H]3[C@H](CCCCO)[C@@H](CCCCO)C=C(C(=NOC(C)(C)C)C[C@@H]1N(Cc1ccc4c(c1)OCO4)C(=O)CCC1CCCC1)[C@H]32. The first kappa shape index (κ1) is 42.1. The van der Waals surface area contributed by atoms with Gasteiger partial charge < -0.3 is 44.0 Å². The second-order valence-electron chi connectivity index (χ2n) is 17.9. The number of hydrogen-bond acceptors (Lipinski definition) is 10. The number of carbonyl (C=O) groups is 1. The summed E-state index contributed by atoms with van der Waals surface area (Å²) in [5.74, 6) is 0.772. The Hall–Kier alpha value is -4.06.